The summed E-state index contributed by atoms with van der Waals surface area (Å²) in [6, 6.07) is 7.69. The van der Waals surface area contributed by atoms with Crippen molar-refractivity contribution in [2.24, 2.45) is 5.92 Å². The van der Waals surface area contributed by atoms with Gasteiger partial charge >= 0.3 is 0 Å². The van der Waals surface area contributed by atoms with Gasteiger partial charge in [-0.05, 0) is 17.7 Å². The molecule has 1 aromatic rings. The van der Waals surface area contributed by atoms with Crippen LogP contribution in [0.3, 0.4) is 0 Å². The van der Waals surface area contributed by atoms with Crippen molar-refractivity contribution in [1.82, 2.24) is 5.32 Å². The Balaban J connectivity index is 1.99. The van der Waals surface area contributed by atoms with Crippen molar-refractivity contribution in [2.75, 3.05) is 20.2 Å². The molecule has 1 N–H and O–H groups in total. The number of rotatable bonds is 4. The molecule has 1 aliphatic rings. The first kappa shape index (κ1) is 10.2. The van der Waals surface area contributed by atoms with E-state index in [9.17, 15) is 4.79 Å². The lowest BCUT2D eigenvalue weighted by Gasteiger charge is -2.25. The number of hydrogen-bond acceptors (Lipinski definition) is 3. The molecule has 1 aliphatic heterocycles. The zero-order chi connectivity index (χ0) is 10.7. The van der Waals surface area contributed by atoms with Crippen LogP contribution in [0, 0.1) is 5.92 Å². The van der Waals surface area contributed by atoms with Gasteiger partial charge in [0.15, 0.2) is 0 Å². The lowest BCUT2D eigenvalue weighted by Crippen LogP contribution is -2.47. The van der Waals surface area contributed by atoms with E-state index in [-0.39, 0.29) is 5.92 Å². The molecule has 0 spiro atoms. The summed E-state index contributed by atoms with van der Waals surface area (Å²) in [6.45, 7) is 1.67. The van der Waals surface area contributed by atoms with Gasteiger partial charge in [-0.15, -0.1) is 0 Å². The van der Waals surface area contributed by atoms with E-state index in [0.717, 1.165) is 24.4 Å². The maximum absolute atomic E-state index is 11.7. The molecule has 0 aromatic heterocycles. The Morgan fingerprint density at radius 2 is 2.33 bits per heavy atom. The summed E-state index contributed by atoms with van der Waals surface area (Å²) in [6.07, 6.45) is 0.517. The van der Waals surface area contributed by atoms with Gasteiger partial charge in [0.1, 0.15) is 11.5 Å². The minimum Gasteiger partial charge on any atom is -0.497 e. The fourth-order valence-electron chi connectivity index (χ4n) is 1.64. The number of hydrogen-bond donors (Lipinski definition) is 1. The van der Waals surface area contributed by atoms with E-state index in [1.54, 1.807) is 7.11 Å². The predicted molar refractivity (Wildman–Crippen MR) is 58.1 cm³/mol. The van der Waals surface area contributed by atoms with E-state index >= 15 is 0 Å². The summed E-state index contributed by atoms with van der Waals surface area (Å²) in [5.41, 5.74) is 1.03. The highest BCUT2D eigenvalue weighted by Crippen LogP contribution is 2.15. The fraction of sp³-hybridized carbons (Fsp3) is 0.417. The van der Waals surface area contributed by atoms with Gasteiger partial charge in [0.05, 0.1) is 7.11 Å². The highest BCUT2D eigenvalue weighted by molar-refractivity contribution is 5.84. The van der Waals surface area contributed by atoms with E-state index in [4.69, 9.17) is 4.74 Å². The molecule has 0 saturated carbocycles. The van der Waals surface area contributed by atoms with Gasteiger partial charge in [0, 0.05) is 25.4 Å². The normalized spacial score (nSPS) is 15.8. The highest BCUT2D eigenvalue weighted by atomic mass is 16.5. The number of carbonyl (C=O) groups is 1. The van der Waals surface area contributed by atoms with Crippen LogP contribution in [0.15, 0.2) is 24.3 Å². The molecule has 3 nitrogen and oxygen atoms in total. The van der Waals surface area contributed by atoms with Crippen molar-refractivity contribution in [1.29, 1.82) is 0 Å². The topological polar surface area (TPSA) is 38.3 Å². The molecule has 1 saturated heterocycles. The van der Waals surface area contributed by atoms with Crippen molar-refractivity contribution >= 4 is 5.78 Å². The van der Waals surface area contributed by atoms with Crippen LogP contribution in [0.4, 0.5) is 0 Å². The van der Waals surface area contributed by atoms with Gasteiger partial charge in [-0.2, -0.15) is 0 Å². The SMILES string of the molecule is COc1cccc(CC(=O)C2CNC2)c1. The molecule has 1 heterocycles. The first-order chi connectivity index (χ1) is 7.29. The molecule has 0 aliphatic carbocycles. The molecule has 1 aromatic carbocycles. The van der Waals surface area contributed by atoms with Gasteiger partial charge < -0.3 is 10.1 Å². The van der Waals surface area contributed by atoms with Crippen LogP contribution in [0.25, 0.3) is 0 Å². The number of nitrogens with one attached hydrogen (secondary N) is 1. The van der Waals surface area contributed by atoms with Crippen LogP contribution in [0.2, 0.25) is 0 Å². The maximum Gasteiger partial charge on any atom is 0.142 e. The van der Waals surface area contributed by atoms with Crippen molar-refractivity contribution in [3.8, 4) is 5.75 Å². The van der Waals surface area contributed by atoms with Gasteiger partial charge in [-0.3, -0.25) is 4.79 Å². The van der Waals surface area contributed by atoms with E-state index in [1.807, 2.05) is 24.3 Å². The van der Waals surface area contributed by atoms with Crippen LogP contribution >= 0.6 is 0 Å². The molecule has 1 fully saturated rings. The van der Waals surface area contributed by atoms with Crippen LogP contribution in [0.1, 0.15) is 5.56 Å². The Labute approximate surface area is 89.4 Å². The number of carbonyl (C=O) groups excluding carboxylic acids is 1. The summed E-state index contributed by atoms with van der Waals surface area (Å²) >= 11 is 0. The number of Topliss-reactive ketones (excluding diaryl/α,β-unsaturated/α-hetero) is 1. The van der Waals surface area contributed by atoms with Crippen LogP contribution in [-0.4, -0.2) is 26.0 Å². The molecular weight excluding hydrogens is 190 g/mol. The Kier molecular flexibility index (Phi) is 3.02. The fourth-order valence-corrected chi connectivity index (χ4v) is 1.64. The maximum atomic E-state index is 11.7. The second-order valence-electron chi connectivity index (χ2n) is 3.85. The molecule has 2 rings (SSSR count). The van der Waals surface area contributed by atoms with Crippen molar-refractivity contribution in [3.05, 3.63) is 29.8 Å². The highest BCUT2D eigenvalue weighted by Gasteiger charge is 2.24. The van der Waals surface area contributed by atoms with Crippen molar-refractivity contribution < 1.29 is 9.53 Å². The third-order valence-corrected chi connectivity index (χ3v) is 2.75. The molecule has 80 valence electrons. The second kappa shape index (κ2) is 4.45. The Hall–Kier alpha value is -1.35. The third kappa shape index (κ3) is 2.36. The average Bonchev–Trinajstić information content (AvgIpc) is 2.15. The van der Waals surface area contributed by atoms with Gasteiger partial charge in [0.25, 0.3) is 0 Å². The largest absolute Gasteiger partial charge is 0.497 e. The monoisotopic (exact) mass is 205 g/mol. The van der Waals surface area contributed by atoms with Crippen LogP contribution < -0.4 is 10.1 Å². The Morgan fingerprint density at radius 3 is 2.93 bits per heavy atom. The summed E-state index contributed by atoms with van der Waals surface area (Å²) in [7, 11) is 1.64. The third-order valence-electron chi connectivity index (χ3n) is 2.75. The smallest absolute Gasteiger partial charge is 0.142 e. The minimum absolute atomic E-state index is 0.219. The zero-order valence-electron chi connectivity index (χ0n) is 8.82. The Bertz CT molecular complexity index is 358. The predicted octanol–water partition coefficient (Wildman–Crippen LogP) is 1.03. The first-order valence-corrected chi connectivity index (χ1v) is 5.16. The lowest BCUT2D eigenvalue weighted by molar-refractivity contribution is -0.123. The average molecular weight is 205 g/mol. The van der Waals surface area contributed by atoms with E-state index in [1.165, 1.54) is 0 Å². The molecular formula is C12H15NO2. The number of benzene rings is 1. The van der Waals surface area contributed by atoms with E-state index < -0.39 is 0 Å². The molecule has 0 atom stereocenters. The van der Waals surface area contributed by atoms with Crippen LogP contribution in [-0.2, 0) is 11.2 Å². The Morgan fingerprint density at radius 1 is 1.53 bits per heavy atom. The van der Waals surface area contributed by atoms with Gasteiger partial charge in [-0.25, -0.2) is 0 Å². The molecule has 0 bridgehead atoms. The first-order valence-electron chi connectivity index (χ1n) is 5.16. The van der Waals surface area contributed by atoms with Gasteiger partial charge in [-0.1, -0.05) is 12.1 Å². The van der Waals surface area contributed by atoms with Gasteiger partial charge in [0.2, 0.25) is 0 Å². The number of ether oxygens (including phenoxy) is 1. The van der Waals surface area contributed by atoms with E-state index in [2.05, 4.69) is 5.32 Å². The summed E-state index contributed by atoms with van der Waals surface area (Å²) in [4.78, 5) is 11.7. The standard InChI is InChI=1S/C12H15NO2/c1-15-11-4-2-3-9(5-11)6-12(14)10-7-13-8-10/h2-5,10,13H,6-8H2,1H3. The molecule has 0 unspecified atom stereocenters. The van der Waals surface area contributed by atoms with Crippen molar-refractivity contribution in [2.45, 2.75) is 6.42 Å². The summed E-state index contributed by atoms with van der Waals surface area (Å²) in [5, 5.41) is 3.10. The summed E-state index contributed by atoms with van der Waals surface area (Å²) < 4.78 is 5.11. The molecule has 0 amide bonds. The molecule has 15 heavy (non-hydrogen) atoms. The van der Waals surface area contributed by atoms with E-state index in [0.29, 0.717) is 12.2 Å². The number of methoxy groups -OCH3 is 1. The number of ketones is 1. The zero-order valence-corrected chi connectivity index (χ0v) is 8.82. The second-order valence-corrected chi connectivity index (χ2v) is 3.85. The molecule has 3 heteroatoms. The minimum atomic E-state index is 0.219. The quantitative estimate of drug-likeness (QED) is 0.797. The van der Waals surface area contributed by atoms with Crippen molar-refractivity contribution in [3.63, 3.8) is 0 Å². The van der Waals surface area contributed by atoms with Crippen LogP contribution in [0.5, 0.6) is 5.75 Å². The summed E-state index contributed by atoms with van der Waals surface area (Å²) in [5.74, 6) is 1.35. The lowest BCUT2D eigenvalue weighted by atomic mass is 9.93. The molecule has 0 radical (unpaired) electrons.